The number of amides is 1. The van der Waals surface area contributed by atoms with Crippen LogP contribution in [-0.2, 0) is 23.6 Å². The Labute approximate surface area is 337 Å². The third-order valence-corrected chi connectivity index (χ3v) is 25.2. The van der Waals surface area contributed by atoms with Gasteiger partial charge >= 0.3 is 6.09 Å². The number of hydrogen-bond acceptors (Lipinski definition) is 7. The van der Waals surface area contributed by atoms with Gasteiger partial charge in [0.25, 0.3) is 10.0 Å². The number of sulfonamides is 1. The normalized spacial score (nSPS) is 30.5. The van der Waals surface area contributed by atoms with E-state index in [1.54, 1.807) is 25.1 Å². The summed E-state index contributed by atoms with van der Waals surface area (Å²) in [6, 6.07) is 7.00. The molecule has 7 atom stereocenters. The van der Waals surface area contributed by atoms with Gasteiger partial charge in [-0.05, 0) is 150 Å². The number of carbonyl (C=O) groups excluding carboxylic acids is 1. The first-order chi connectivity index (χ1) is 24.9. The Kier molecular flexibility index (Phi) is 13.5. The molecular formula is C43H77N3O6SSi2. The molecule has 0 radical (unpaired) electrons. The molecule has 3 aliphatic rings. The van der Waals surface area contributed by atoms with E-state index in [0.29, 0.717) is 37.0 Å². The molecule has 55 heavy (non-hydrogen) atoms. The molecule has 0 saturated heterocycles. The first-order valence-electron chi connectivity index (χ1n) is 20.9. The van der Waals surface area contributed by atoms with Crippen molar-refractivity contribution in [3.63, 3.8) is 0 Å². The molecule has 0 bridgehead atoms. The lowest BCUT2D eigenvalue weighted by Crippen LogP contribution is -2.56. The van der Waals surface area contributed by atoms with E-state index in [9.17, 15) is 13.2 Å². The first-order valence-corrected chi connectivity index (χ1v) is 28.2. The molecule has 0 spiro atoms. The van der Waals surface area contributed by atoms with Crippen molar-refractivity contribution in [1.82, 2.24) is 10.1 Å². The van der Waals surface area contributed by atoms with Gasteiger partial charge in [-0.1, -0.05) is 73.6 Å². The average Bonchev–Trinajstić information content (AvgIpc) is 3.37. The molecule has 0 heterocycles. The van der Waals surface area contributed by atoms with E-state index in [1.165, 1.54) is 0 Å². The summed E-state index contributed by atoms with van der Waals surface area (Å²) in [6.07, 6.45) is 6.27. The van der Waals surface area contributed by atoms with Gasteiger partial charge in [-0.15, -0.1) is 0 Å². The number of nitrogens with zero attached hydrogens (tertiary/aromatic N) is 1. The Morgan fingerprint density at radius 1 is 0.891 bits per heavy atom. The van der Waals surface area contributed by atoms with Gasteiger partial charge in [-0.2, -0.15) is 13.5 Å². The quantitative estimate of drug-likeness (QED) is 0.170. The van der Waals surface area contributed by atoms with Gasteiger partial charge in [0.2, 0.25) is 0 Å². The van der Waals surface area contributed by atoms with E-state index in [1.807, 2.05) is 26.8 Å². The van der Waals surface area contributed by atoms with Crippen molar-refractivity contribution >= 4 is 38.5 Å². The molecule has 0 unspecified atom stereocenters. The summed E-state index contributed by atoms with van der Waals surface area (Å²) in [5.41, 5.74) is 0.627. The summed E-state index contributed by atoms with van der Waals surface area (Å²) in [6.45, 7) is 36.8. The molecule has 12 heteroatoms. The molecule has 4 rings (SSSR count). The average molecular weight is 820 g/mol. The zero-order chi connectivity index (χ0) is 41.6. The second kappa shape index (κ2) is 16.1. The predicted octanol–water partition coefficient (Wildman–Crippen LogP) is 10.8. The zero-order valence-corrected chi connectivity index (χ0v) is 40.2. The van der Waals surface area contributed by atoms with E-state index < -0.39 is 38.4 Å². The standard InChI is InChI=1S/C43H77N3O6SSi2/c1-30-19-17-18-20-36(30)53(48,49)46-45-37-22-21-34-33(28-44-38(47)51-39(2,3)4)35(24-26-43(34,37)12)42(11)25-23-32(52-55(15,16)41(8,9)10)27-31(42)29-50-54(13,14)40(5,6)7/h17-20,31-35,46H,21-29H2,1-16H3,(H,44,47)/b45-37+/t31-,32+,33+,34+,35+,42+,43+/m1/s1. The monoisotopic (exact) mass is 820 g/mol. The fourth-order valence-electron chi connectivity index (χ4n) is 9.25. The van der Waals surface area contributed by atoms with Gasteiger partial charge in [0.05, 0.1) is 4.90 Å². The van der Waals surface area contributed by atoms with E-state index in [2.05, 4.69) is 91.7 Å². The highest BCUT2D eigenvalue weighted by Crippen LogP contribution is 2.62. The van der Waals surface area contributed by atoms with Crippen molar-refractivity contribution in [2.75, 3.05) is 13.2 Å². The Hall–Kier alpha value is -1.74. The summed E-state index contributed by atoms with van der Waals surface area (Å²) in [5.74, 6) is 0.956. The van der Waals surface area contributed by atoms with Crippen LogP contribution in [0.2, 0.25) is 36.3 Å². The number of ether oxygens (including phenoxy) is 1. The first kappa shape index (κ1) is 46.0. The number of alkyl carbamates (subject to hydrolysis) is 1. The SMILES string of the molecule is Cc1ccccc1S(=O)(=O)N/N=C1\CC[C@H]2[C@H](CNC(=O)OC(C)(C)C)[C@@H]([C@@]3(C)CC[C@H](O[Si](C)(C)C(C)(C)C)C[C@@H]3CO[Si](C)(C)C(C)(C)C)CC[C@]12C. The van der Waals surface area contributed by atoms with Crippen LogP contribution in [0, 0.1) is 41.4 Å². The third-order valence-electron chi connectivity index (χ3n) is 14.8. The molecule has 1 aromatic carbocycles. The molecule has 314 valence electrons. The van der Waals surface area contributed by atoms with Crippen LogP contribution in [0.1, 0.15) is 127 Å². The number of aryl methyl sites for hydroxylation is 1. The second-order valence-electron chi connectivity index (χ2n) is 21.7. The van der Waals surface area contributed by atoms with Crippen molar-refractivity contribution in [3.8, 4) is 0 Å². The van der Waals surface area contributed by atoms with Crippen LogP contribution in [0.25, 0.3) is 0 Å². The number of carbonyl (C=O) groups is 1. The van der Waals surface area contributed by atoms with Gasteiger partial charge < -0.3 is 18.9 Å². The topological polar surface area (TPSA) is 115 Å². The molecular weight excluding hydrogens is 743 g/mol. The Morgan fingerprint density at radius 3 is 2.09 bits per heavy atom. The Balaban J connectivity index is 1.71. The number of hydrogen-bond donors (Lipinski definition) is 2. The van der Waals surface area contributed by atoms with E-state index in [4.69, 9.17) is 18.7 Å². The Morgan fingerprint density at radius 2 is 1.51 bits per heavy atom. The van der Waals surface area contributed by atoms with Crippen LogP contribution in [0.15, 0.2) is 34.3 Å². The van der Waals surface area contributed by atoms with Crippen LogP contribution < -0.4 is 10.1 Å². The summed E-state index contributed by atoms with van der Waals surface area (Å²) >= 11 is 0. The molecule has 1 amide bonds. The Bertz CT molecular complexity index is 1660. The largest absolute Gasteiger partial charge is 0.444 e. The molecule has 0 aliphatic heterocycles. The third kappa shape index (κ3) is 10.3. The maximum atomic E-state index is 13.4. The number of nitrogens with one attached hydrogen (secondary N) is 2. The number of rotatable bonds is 11. The molecule has 1 aromatic rings. The molecule has 3 aliphatic carbocycles. The summed E-state index contributed by atoms with van der Waals surface area (Å²) in [4.78, 5) is 16.1. The summed E-state index contributed by atoms with van der Waals surface area (Å²) in [7, 11) is -7.86. The molecule has 3 saturated carbocycles. The lowest BCUT2D eigenvalue weighted by Gasteiger charge is -2.57. The van der Waals surface area contributed by atoms with Gasteiger partial charge in [0.1, 0.15) is 5.60 Å². The van der Waals surface area contributed by atoms with Crippen LogP contribution >= 0.6 is 0 Å². The second-order valence-corrected chi connectivity index (χ2v) is 32.9. The van der Waals surface area contributed by atoms with Gasteiger partial charge in [0.15, 0.2) is 16.6 Å². The minimum Gasteiger partial charge on any atom is -0.444 e. The van der Waals surface area contributed by atoms with Crippen LogP contribution in [-0.4, -0.2) is 61.7 Å². The molecule has 2 N–H and O–H groups in total. The lowest BCUT2D eigenvalue weighted by molar-refractivity contribution is -0.0871. The fourth-order valence-corrected chi connectivity index (χ4v) is 12.8. The van der Waals surface area contributed by atoms with Crippen LogP contribution in [0.3, 0.4) is 0 Å². The minimum absolute atomic E-state index is 0.0520. The zero-order valence-electron chi connectivity index (χ0n) is 37.4. The summed E-state index contributed by atoms with van der Waals surface area (Å²) in [5, 5.41) is 8.14. The molecule has 0 aromatic heterocycles. The van der Waals surface area contributed by atoms with Gasteiger partial charge in [0, 0.05) is 30.4 Å². The van der Waals surface area contributed by atoms with Crippen molar-refractivity contribution in [2.24, 2.45) is 39.6 Å². The highest BCUT2D eigenvalue weighted by atomic mass is 32.2. The van der Waals surface area contributed by atoms with Crippen molar-refractivity contribution in [1.29, 1.82) is 0 Å². The highest BCUT2D eigenvalue weighted by molar-refractivity contribution is 7.89. The van der Waals surface area contributed by atoms with Crippen molar-refractivity contribution in [3.05, 3.63) is 29.8 Å². The molecule has 3 fully saturated rings. The van der Waals surface area contributed by atoms with Crippen molar-refractivity contribution in [2.45, 2.75) is 181 Å². The van der Waals surface area contributed by atoms with Gasteiger partial charge in [-0.25, -0.2) is 9.63 Å². The smallest absolute Gasteiger partial charge is 0.407 e. The van der Waals surface area contributed by atoms with E-state index >= 15 is 0 Å². The fraction of sp³-hybridized carbons (Fsp3) is 0.814. The minimum atomic E-state index is -3.83. The predicted molar refractivity (Wildman–Crippen MR) is 231 cm³/mol. The van der Waals surface area contributed by atoms with E-state index in [-0.39, 0.29) is 43.7 Å². The van der Waals surface area contributed by atoms with Crippen LogP contribution in [0.4, 0.5) is 4.79 Å². The van der Waals surface area contributed by atoms with E-state index in [0.717, 1.165) is 44.2 Å². The number of hydrazone groups is 1. The number of fused-ring (bicyclic) bond motifs is 1. The van der Waals surface area contributed by atoms with Crippen molar-refractivity contribution < 1.29 is 26.8 Å². The van der Waals surface area contributed by atoms with Crippen LogP contribution in [0.5, 0.6) is 0 Å². The maximum Gasteiger partial charge on any atom is 0.407 e. The molecule has 9 nitrogen and oxygen atoms in total. The van der Waals surface area contributed by atoms with Gasteiger partial charge in [-0.3, -0.25) is 0 Å². The number of benzene rings is 1. The highest BCUT2D eigenvalue weighted by Gasteiger charge is 2.58. The summed E-state index contributed by atoms with van der Waals surface area (Å²) < 4.78 is 46.9. The maximum absolute atomic E-state index is 13.4. The lowest BCUT2D eigenvalue weighted by atomic mass is 9.49.